The number of benzene rings is 1. The molecule has 2 atom stereocenters. The molecule has 1 aliphatic heterocycles. The molecule has 0 spiro atoms. The molecular formula is C18H18ClN3O3. The Hall–Kier alpha value is -2.47. The quantitative estimate of drug-likeness (QED) is 0.903. The number of carboxylic acids is 1. The fraction of sp³-hybridized carbons (Fsp3) is 0.333. The van der Waals surface area contributed by atoms with E-state index in [-0.39, 0.29) is 18.4 Å². The highest BCUT2D eigenvalue weighted by Crippen LogP contribution is 2.44. The van der Waals surface area contributed by atoms with Gasteiger partial charge in [0, 0.05) is 17.4 Å². The molecule has 0 aliphatic carbocycles. The number of carbonyl (C=O) groups is 2. The van der Waals surface area contributed by atoms with Gasteiger partial charge in [0.2, 0.25) is 5.91 Å². The van der Waals surface area contributed by atoms with Crippen molar-refractivity contribution in [2.24, 2.45) is 5.41 Å². The SMILES string of the molecule is CC1(CC(=O)O)CC[C@@H](c2ccc(Cl)cc2)N(c2cnccn2)C1=O. The molecule has 0 bridgehead atoms. The van der Waals surface area contributed by atoms with E-state index in [2.05, 4.69) is 9.97 Å². The second kappa shape index (κ2) is 6.80. The van der Waals surface area contributed by atoms with Crippen molar-refractivity contribution in [3.63, 3.8) is 0 Å². The van der Waals surface area contributed by atoms with Crippen molar-refractivity contribution in [2.45, 2.75) is 32.2 Å². The zero-order chi connectivity index (χ0) is 18.0. The number of amides is 1. The first kappa shape index (κ1) is 17.4. The van der Waals surface area contributed by atoms with Crippen molar-refractivity contribution < 1.29 is 14.7 Å². The Bertz CT molecular complexity index is 782. The van der Waals surface area contributed by atoms with E-state index in [4.69, 9.17) is 11.6 Å². The van der Waals surface area contributed by atoms with Crippen LogP contribution in [0.1, 0.15) is 37.8 Å². The lowest BCUT2D eigenvalue weighted by Crippen LogP contribution is -2.50. The summed E-state index contributed by atoms with van der Waals surface area (Å²) in [5.41, 5.74) is -0.0347. The fourth-order valence-corrected chi connectivity index (χ4v) is 3.43. The number of rotatable bonds is 4. The van der Waals surface area contributed by atoms with E-state index in [1.54, 1.807) is 24.0 Å². The highest BCUT2D eigenvalue weighted by Gasteiger charge is 2.46. The summed E-state index contributed by atoms with van der Waals surface area (Å²) >= 11 is 5.97. The third-order valence-corrected chi connectivity index (χ3v) is 4.86. The van der Waals surface area contributed by atoms with Crippen LogP contribution in [0.4, 0.5) is 5.82 Å². The average molecular weight is 360 g/mol. The third kappa shape index (κ3) is 3.49. The van der Waals surface area contributed by atoms with Crippen molar-refractivity contribution in [3.05, 3.63) is 53.4 Å². The van der Waals surface area contributed by atoms with Gasteiger partial charge in [-0.3, -0.25) is 19.5 Å². The van der Waals surface area contributed by atoms with Crippen LogP contribution in [0, 0.1) is 5.41 Å². The van der Waals surface area contributed by atoms with Gasteiger partial charge in [-0.05, 0) is 30.5 Å². The minimum Gasteiger partial charge on any atom is -0.481 e. The zero-order valence-electron chi connectivity index (χ0n) is 13.7. The van der Waals surface area contributed by atoms with E-state index in [1.807, 2.05) is 12.1 Å². The summed E-state index contributed by atoms with van der Waals surface area (Å²) in [6, 6.07) is 7.08. The summed E-state index contributed by atoms with van der Waals surface area (Å²) in [6.45, 7) is 1.70. The molecule has 1 unspecified atom stereocenters. The van der Waals surface area contributed by atoms with Crippen LogP contribution in [0.2, 0.25) is 5.02 Å². The second-order valence-electron chi connectivity index (χ2n) is 6.48. The molecule has 2 aromatic rings. The number of nitrogens with zero attached hydrogens (tertiary/aromatic N) is 3. The molecule has 1 fully saturated rings. The molecular weight excluding hydrogens is 342 g/mol. The Labute approximate surface area is 150 Å². The van der Waals surface area contributed by atoms with E-state index in [0.29, 0.717) is 23.7 Å². The van der Waals surface area contributed by atoms with Crippen molar-refractivity contribution >= 4 is 29.3 Å². The van der Waals surface area contributed by atoms with Gasteiger partial charge in [0.15, 0.2) is 5.82 Å². The van der Waals surface area contributed by atoms with Crippen LogP contribution >= 0.6 is 11.6 Å². The molecule has 1 aromatic carbocycles. The minimum absolute atomic E-state index is 0.212. The number of anilines is 1. The number of carboxylic acid groups (broad SMARTS) is 1. The summed E-state index contributed by atoms with van der Waals surface area (Å²) in [6.07, 6.45) is 5.48. The maximum atomic E-state index is 13.2. The molecule has 1 aromatic heterocycles. The van der Waals surface area contributed by atoms with E-state index >= 15 is 0 Å². The maximum Gasteiger partial charge on any atom is 0.304 e. The molecule has 1 saturated heterocycles. The molecule has 2 heterocycles. The highest BCUT2D eigenvalue weighted by atomic mass is 35.5. The lowest BCUT2D eigenvalue weighted by atomic mass is 9.75. The maximum absolute atomic E-state index is 13.2. The van der Waals surface area contributed by atoms with Gasteiger partial charge in [0.05, 0.1) is 24.1 Å². The summed E-state index contributed by atoms with van der Waals surface area (Å²) in [4.78, 5) is 34.3. The number of hydrogen-bond donors (Lipinski definition) is 1. The number of halogens is 1. The smallest absolute Gasteiger partial charge is 0.304 e. The number of aromatic nitrogens is 2. The summed E-state index contributed by atoms with van der Waals surface area (Å²) in [5.74, 6) is -0.815. The van der Waals surface area contributed by atoms with Gasteiger partial charge in [0.25, 0.3) is 0 Å². The van der Waals surface area contributed by atoms with Crippen molar-refractivity contribution in [2.75, 3.05) is 4.90 Å². The van der Waals surface area contributed by atoms with E-state index in [1.165, 1.54) is 18.6 Å². The van der Waals surface area contributed by atoms with Crippen molar-refractivity contribution in [3.8, 4) is 0 Å². The van der Waals surface area contributed by atoms with Crippen LogP contribution in [-0.4, -0.2) is 27.0 Å². The van der Waals surface area contributed by atoms with Gasteiger partial charge in [0.1, 0.15) is 0 Å². The lowest BCUT2D eigenvalue weighted by molar-refractivity contribution is -0.145. The Morgan fingerprint density at radius 1 is 1.36 bits per heavy atom. The van der Waals surface area contributed by atoms with Crippen LogP contribution in [0.3, 0.4) is 0 Å². The Kier molecular flexibility index (Phi) is 4.72. The number of carbonyl (C=O) groups excluding carboxylic acids is 1. The molecule has 0 radical (unpaired) electrons. The molecule has 0 saturated carbocycles. The van der Waals surface area contributed by atoms with Gasteiger partial charge in [-0.1, -0.05) is 30.7 Å². The van der Waals surface area contributed by atoms with E-state index in [9.17, 15) is 14.7 Å². The largest absolute Gasteiger partial charge is 0.481 e. The molecule has 3 rings (SSSR count). The van der Waals surface area contributed by atoms with Crippen LogP contribution in [-0.2, 0) is 9.59 Å². The zero-order valence-corrected chi connectivity index (χ0v) is 14.5. The van der Waals surface area contributed by atoms with E-state index in [0.717, 1.165) is 5.56 Å². The molecule has 6 nitrogen and oxygen atoms in total. The monoisotopic (exact) mass is 359 g/mol. The average Bonchev–Trinajstić information content (AvgIpc) is 2.58. The number of piperidine rings is 1. The van der Waals surface area contributed by atoms with Crippen molar-refractivity contribution in [1.82, 2.24) is 9.97 Å². The van der Waals surface area contributed by atoms with Crippen LogP contribution in [0.25, 0.3) is 0 Å². The number of hydrogen-bond acceptors (Lipinski definition) is 4. The first-order chi connectivity index (χ1) is 11.9. The molecule has 1 N–H and O–H groups in total. The highest BCUT2D eigenvalue weighted by molar-refractivity contribution is 6.30. The van der Waals surface area contributed by atoms with Gasteiger partial charge >= 0.3 is 5.97 Å². The molecule has 1 aliphatic rings. The van der Waals surface area contributed by atoms with Crippen LogP contribution in [0.5, 0.6) is 0 Å². The van der Waals surface area contributed by atoms with Gasteiger partial charge < -0.3 is 5.11 Å². The minimum atomic E-state index is -0.986. The topological polar surface area (TPSA) is 83.4 Å². The summed E-state index contributed by atoms with van der Waals surface area (Å²) < 4.78 is 0. The van der Waals surface area contributed by atoms with Crippen LogP contribution in [0.15, 0.2) is 42.9 Å². The standard InChI is InChI=1S/C18H18ClN3O3/c1-18(10-16(23)24)7-6-14(12-2-4-13(19)5-3-12)22(17(18)25)15-11-20-8-9-21-15/h2-5,8-9,11,14H,6-7,10H2,1H3,(H,23,24)/t14-,18?/m0/s1. The molecule has 25 heavy (non-hydrogen) atoms. The predicted octanol–water partition coefficient (Wildman–Crippen LogP) is 3.48. The Balaban J connectivity index is 2.03. The Morgan fingerprint density at radius 2 is 2.08 bits per heavy atom. The molecule has 1 amide bonds. The van der Waals surface area contributed by atoms with Gasteiger partial charge in [-0.15, -0.1) is 0 Å². The predicted molar refractivity (Wildman–Crippen MR) is 93.3 cm³/mol. The van der Waals surface area contributed by atoms with E-state index < -0.39 is 11.4 Å². The van der Waals surface area contributed by atoms with Gasteiger partial charge in [-0.25, -0.2) is 4.98 Å². The summed E-state index contributed by atoms with van der Waals surface area (Å²) in [5, 5.41) is 9.82. The van der Waals surface area contributed by atoms with Gasteiger partial charge in [-0.2, -0.15) is 0 Å². The van der Waals surface area contributed by atoms with Crippen molar-refractivity contribution in [1.29, 1.82) is 0 Å². The molecule has 130 valence electrons. The first-order valence-electron chi connectivity index (χ1n) is 7.98. The Morgan fingerprint density at radius 3 is 2.68 bits per heavy atom. The molecule has 7 heteroatoms. The summed E-state index contributed by atoms with van der Waals surface area (Å²) in [7, 11) is 0. The van der Waals surface area contributed by atoms with Crippen LogP contribution < -0.4 is 4.90 Å². The first-order valence-corrected chi connectivity index (χ1v) is 8.35. The second-order valence-corrected chi connectivity index (χ2v) is 6.91. The number of aliphatic carboxylic acids is 1. The third-order valence-electron chi connectivity index (χ3n) is 4.61. The lowest BCUT2D eigenvalue weighted by Gasteiger charge is -2.43. The fourth-order valence-electron chi connectivity index (χ4n) is 3.30. The normalized spacial score (nSPS) is 23.5.